The molecule has 0 saturated carbocycles. The van der Waals surface area contributed by atoms with Crippen LogP contribution >= 0.6 is 35.0 Å². The second kappa shape index (κ2) is 11.3. The Bertz CT molecular complexity index is 1290. The summed E-state index contributed by atoms with van der Waals surface area (Å²) in [5, 5.41) is 5.93. The van der Waals surface area contributed by atoms with Gasteiger partial charge in [0.1, 0.15) is 0 Å². The molecule has 4 rings (SSSR count). The van der Waals surface area contributed by atoms with Gasteiger partial charge in [-0.2, -0.15) is 0 Å². The summed E-state index contributed by atoms with van der Waals surface area (Å²) < 4.78 is 16.6. The third kappa shape index (κ3) is 5.33. The highest BCUT2D eigenvalue weighted by atomic mass is 35.5. The summed E-state index contributed by atoms with van der Waals surface area (Å²) in [6, 6.07) is 9.79. The Morgan fingerprint density at radius 1 is 1.19 bits per heavy atom. The Labute approximate surface area is 222 Å². The summed E-state index contributed by atoms with van der Waals surface area (Å²) in [7, 11) is 1.50. The number of aliphatic imine (C=N–C) groups is 1. The van der Waals surface area contributed by atoms with Crippen molar-refractivity contribution in [1.29, 1.82) is 0 Å². The van der Waals surface area contributed by atoms with Crippen LogP contribution < -0.4 is 14.8 Å². The van der Waals surface area contributed by atoms with Crippen molar-refractivity contribution in [2.75, 3.05) is 25.6 Å². The molecule has 1 N–H and O–H groups in total. The molecule has 0 bridgehead atoms. The van der Waals surface area contributed by atoms with Crippen LogP contribution in [0, 0.1) is 0 Å². The molecule has 36 heavy (non-hydrogen) atoms. The topological polar surface area (TPSA) is 89.5 Å². The number of halogens is 2. The summed E-state index contributed by atoms with van der Waals surface area (Å²) in [6.07, 6.45) is 1.88. The minimum atomic E-state index is -0.459. The predicted molar refractivity (Wildman–Crippen MR) is 142 cm³/mol. The van der Waals surface area contributed by atoms with Crippen molar-refractivity contribution in [2.24, 2.45) is 4.99 Å². The van der Waals surface area contributed by atoms with Crippen molar-refractivity contribution in [3.05, 3.63) is 74.9 Å². The minimum Gasteiger partial charge on any atom is -0.493 e. The molecule has 8 nitrogen and oxygen atoms in total. The van der Waals surface area contributed by atoms with E-state index in [1.54, 1.807) is 44.2 Å². The number of nitrogens with one attached hydrogen (secondary N) is 1. The number of benzene rings is 2. The molecule has 2 aliphatic rings. The van der Waals surface area contributed by atoms with Crippen LogP contribution in [0.2, 0.25) is 10.0 Å². The molecular weight excluding hydrogens is 525 g/mol. The summed E-state index contributed by atoms with van der Waals surface area (Å²) in [6.45, 7) is 3.53. The molecule has 1 atom stereocenters. The van der Waals surface area contributed by atoms with Gasteiger partial charge >= 0.3 is 5.97 Å². The Morgan fingerprint density at radius 2 is 2.00 bits per heavy atom. The molecule has 0 saturated heterocycles. The van der Waals surface area contributed by atoms with E-state index >= 15 is 0 Å². The van der Waals surface area contributed by atoms with Crippen molar-refractivity contribution in [3.63, 3.8) is 0 Å². The molecule has 0 aromatic heterocycles. The molecular formula is C25H23Cl2N3O5S. The van der Waals surface area contributed by atoms with Crippen LogP contribution in [0.25, 0.3) is 0 Å². The Kier molecular flexibility index (Phi) is 8.13. The normalized spacial score (nSPS) is 16.4. The van der Waals surface area contributed by atoms with E-state index in [2.05, 4.69) is 10.3 Å². The van der Waals surface area contributed by atoms with Crippen molar-refractivity contribution in [2.45, 2.75) is 19.9 Å². The van der Waals surface area contributed by atoms with E-state index in [9.17, 15) is 9.59 Å². The van der Waals surface area contributed by atoms with Crippen molar-refractivity contribution >= 4 is 57.7 Å². The quantitative estimate of drug-likeness (QED) is 0.418. The molecule has 2 heterocycles. The number of fused-ring (bicyclic) bond motifs is 1. The number of hydrogen-bond acceptors (Lipinski definition) is 8. The third-order valence-electron chi connectivity index (χ3n) is 5.40. The van der Waals surface area contributed by atoms with Crippen LogP contribution in [-0.2, 0) is 14.3 Å². The maximum atomic E-state index is 12.8. The first-order valence-corrected chi connectivity index (χ1v) is 12.6. The number of methoxy groups -OCH3 is 1. The number of carbonyl (C=O) groups is 2. The second-order valence-electron chi connectivity index (χ2n) is 7.68. The molecule has 2 aliphatic heterocycles. The summed E-state index contributed by atoms with van der Waals surface area (Å²) in [5.74, 6) is -0.0746. The van der Waals surface area contributed by atoms with Gasteiger partial charge in [-0.1, -0.05) is 47.1 Å². The SMILES string of the molecule is CCOC(=O)C1=C(C)N=C2SC=CN2[C@@H]1c1ccc(OCC(=O)Nc2cccc(Cl)c2Cl)c(OC)c1. The van der Waals surface area contributed by atoms with Crippen LogP contribution in [0.1, 0.15) is 25.5 Å². The van der Waals surface area contributed by atoms with Gasteiger partial charge in [-0.15, -0.1) is 0 Å². The number of anilines is 1. The van der Waals surface area contributed by atoms with Crippen molar-refractivity contribution in [3.8, 4) is 11.5 Å². The first kappa shape index (κ1) is 25.9. The lowest BCUT2D eigenvalue weighted by Gasteiger charge is -2.33. The van der Waals surface area contributed by atoms with E-state index < -0.39 is 17.9 Å². The minimum absolute atomic E-state index is 0.250. The number of amides is 1. The first-order valence-electron chi connectivity index (χ1n) is 11.0. The second-order valence-corrected chi connectivity index (χ2v) is 9.33. The molecule has 0 unspecified atom stereocenters. The van der Waals surface area contributed by atoms with Crippen LogP contribution in [-0.4, -0.2) is 42.3 Å². The van der Waals surface area contributed by atoms with E-state index in [1.165, 1.54) is 18.9 Å². The number of esters is 1. The lowest BCUT2D eigenvalue weighted by Crippen LogP contribution is -2.34. The van der Waals surface area contributed by atoms with Gasteiger partial charge in [0.2, 0.25) is 0 Å². The summed E-state index contributed by atoms with van der Waals surface area (Å²) >= 11 is 13.6. The number of ether oxygens (including phenoxy) is 3. The largest absolute Gasteiger partial charge is 0.493 e. The molecule has 0 spiro atoms. The van der Waals surface area contributed by atoms with Gasteiger partial charge in [0, 0.05) is 6.20 Å². The molecule has 0 aliphatic carbocycles. The Hall–Kier alpha value is -3.14. The highest BCUT2D eigenvalue weighted by Gasteiger charge is 2.37. The number of nitrogens with zero attached hydrogens (tertiary/aromatic N) is 2. The highest BCUT2D eigenvalue weighted by molar-refractivity contribution is 8.16. The third-order valence-corrected chi connectivity index (χ3v) is 6.99. The molecule has 1 amide bonds. The zero-order valence-electron chi connectivity index (χ0n) is 19.7. The average Bonchev–Trinajstić information content (AvgIpc) is 3.32. The van der Waals surface area contributed by atoms with Gasteiger partial charge in [-0.3, -0.25) is 4.79 Å². The maximum absolute atomic E-state index is 12.8. The number of carbonyl (C=O) groups excluding carboxylic acids is 2. The fourth-order valence-corrected chi connectivity index (χ4v) is 4.94. The van der Waals surface area contributed by atoms with Gasteiger partial charge in [0.15, 0.2) is 23.3 Å². The highest BCUT2D eigenvalue weighted by Crippen LogP contribution is 2.43. The van der Waals surface area contributed by atoms with Crippen LogP contribution in [0.4, 0.5) is 5.69 Å². The van der Waals surface area contributed by atoms with Gasteiger partial charge in [0.25, 0.3) is 5.91 Å². The van der Waals surface area contributed by atoms with Crippen LogP contribution in [0.3, 0.4) is 0 Å². The standard InChI is InChI=1S/C25H23Cl2N3O5S/c1-4-34-24(32)21-14(2)28-25-30(10-11-36-25)23(21)15-8-9-18(19(12-15)33-3)35-13-20(31)29-17-7-5-6-16(26)22(17)27/h5-12,23H,4,13H2,1-3H3,(H,29,31)/t23-/m1/s1. The lowest BCUT2D eigenvalue weighted by atomic mass is 9.94. The average molecular weight is 548 g/mol. The van der Waals surface area contributed by atoms with E-state index in [0.29, 0.717) is 33.5 Å². The molecule has 0 radical (unpaired) electrons. The number of thioether (sulfide) groups is 1. The molecule has 188 valence electrons. The fourth-order valence-electron chi connectivity index (χ4n) is 3.80. The van der Waals surface area contributed by atoms with Gasteiger partial charge in [0.05, 0.1) is 46.8 Å². The van der Waals surface area contributed by atoms with Crippen LogP contribution in [0.5, 0.6) is 11.5 Å². The van der Waals surface area contributed by atoms with Crippen molar-refractivity contribution in [1.82, 2.24) is 4.90 Å². The van der Waals surface area contributed by atoms with Gasteiger partial charge in [-0.05, 0) is 49.1 Å². The van der Waals surface area contributed by atoms with E-state index in [1.807, 2.05) is 22.6 Å². The van der Waals surface area contributed by atoms with E-state index in [-0.39, 0.29) is 18.2 Å². The Morgan fingerprint density at radius 3 is 2.75 bits per heavy atom. The lowest BCUT2D eigenvalue weighted by molar-refractivity contribution is -0.139. The smallest absolute Gasteiger partial charge is 0.338 e. The monoisotopic (exact) mass is 547 g/mol. The molecule has 2 aromatic carbocycles. The number of allylic oxidation sites excluding steroid dienone is 1. The van der Waals surface area contributed by atoms with Crippen molar-refractivity contribution < 1.29 is 23.8 Å². The zero-order valence-corrected chi connectivity index (χ0v) is 22.0. The van der Waals surface area contributed by atoms with E-state index in [4.69, 9.17) is 37.4 Å². The number of hydrogen-bond donors (Lipinski definition) is 1. The summed E-state index contributed by atoms with van der Waals surface area (Å²) in [4.78, 5) is 31.8. The maximum Gasteiger partial charge on any atom is 0.338 e. The molecule has 0 fully saturated rings. The van der Waals surface area contributed by atoms with Gasteiger partial charge < -0.3 is 24.4 Å². The van der Waals surface area contributed by atoms with Crippen LogP contribution in [0.15, 0.2) is 64.3 Å². The molecule has 11 heteroatoms. The molecule has 2 aromatic rings. The Balaban J connectivity index is 1.56. The van der Waals surface area contributed by atoms with E-state index in [0.717, 1.165) is 10.7 Å². The van der Waals surface area contributed by atoms with Gasteiger partial charge in [-0.25, -0.2) is 9.79 Å². The number of rotatable bonds is 8. The number of amidine groups is 1. The predicted octanol–water partition coefficient (Wildman–Crippen LogP) is 5.79. The first-order chi connectivity index (χ1) is 17.3. The fraction of sp³-hybridized carbons (Fsp3) is 0.240. The zero-order chi connectivity index (χ0) is 25.8. The summed E-state index contributed by atoms with van der Waals surface area (Å²) in [5.41, 5.74) is 2.20.